The molecule has 1 aliphatic rings. The number of benzene rings is 2. The molecule has 0 bridgehead atoms. The third-order valence-electron chi connectivity index (χ3n) is 5.69. The van der Waals surface area contributed by atoms with Crippen molar-refractivity contribution in [3.05, 3.63) is 88.2 Å². The number of nitrogens with zero attached hydrogens (tertiary/aromatic N) is 4. The molecule has 0 spiro atoms. The molecule has 182 valence electrons. The van der Waals surface area contributed by atoms with Crippen LogP contribution < -0.4 is 15.2 Å². The van der Waals surface area contributed by atoms with Crippen LogP contribution in [0.15, 0.2) is 59.7 Å². The third-order valence-corrected chi connectivity index (χ3v) is 5.69. The van der Waals surface area contributed by atoms with Crippen molar-refractivity contribution in [2.75, 3.05) is 44.2 Å². The first-order valence-electron chi connectivity index (χ1n) is 10.9. The van der Waals surface area contributed by atoms with E-state index in [9.17, 15) is 18.0 Å². The van der Waals surface area contributed by atoms with Gasteiger partial charge in [-0.2, -0.15) is 0 Å². The van der Waals surface area contributed by atoms with Crippen LogP contribution in [0.3, 0.4) is 0 Å². The molecule has 0 aliphatic carbocycles. The second kappa shape index (κ2) is 11.9. The van der Waals surface area contributed by atoms with Gasteiger partial charge >= 0.3 is 0 Å². The van der Waals surface area contributed by atoms with Crippen molar-refractivity contribution >= 4 is 18.2 Å². The first-order valence-corrected chi connectivity index (χ1v) is 10.9. The van der Waals surface area contributed by atoms with Crippen LogP contribution in [-0.2, 0) is 13.0 Å². The molecule has 1 saturated heterocycles. The number of halogens is 4. The quantitative estimate of drug-likeness (QED) is 0.448. The summed E-state index contributed by atoms with van der Waals surface area (Å²) in [6, 6.07) is 11.4. The Hall–Kier alpha value is -3.04. The molecule has 1 fully saturated rings. The van der Waals surface area contributed by atoms with Crippen molar-refractivity contribution in [2.45, 2.75) is 13.0 Å². The Kier molecular flexibility index (Phi) is 8.95. The van der Waals surface area contributed by atoms with Crippen molar-refractivity contribution < 1.29 is 17.9 Å². The van der Waals surface area contributed by atoms with Crippen LogP contribution in [0.25, 0.3) is 0 Å². The largest absolute Gasteiger partial charge is 0.489 e. The molecular formula is C24H26ClF3N4O2. The lowest BCUT2D eigenvalue weighted by Gasteiger charge is -2.35. The second-order valence-corrected chi connectivity index (χ2v) is 7.86. The van der Waals surface area contributed by atoms with Gasteiger partial charge in [0.1, 0.15) is 6.61 Å². The van der Waals surface area contributed by atoms with Gasteiger partial charge in [0.15, 0.2) is 29.0 Å². The maximum absolute atomic E-state index is 13.7. The SMILES string of the molecule is Cl.O=c1c(N2CCN(CCc3ccccc3)CC2)nccn1CCOc1cc(F)c(F)cc1F. The fourth-order valence-corrected chi connectivity index (χ4v) is 3.81. The Morgan fingerprint density at radius 2 is 1.62 bits per heavy atom. The van der Waals surface area contributed by atoms with Crippen LogP contribution in [0.4, 0.5) is 19.0 Å². The lowest BCUT2D eigenvalue weighted by atomic mass is 10.1. The molecular weight excluding hydrogens is 469 g/mol. The van der Waals surface area contributed by atoms with Crippen LogP contribution in [0.2, 0.25) is 0 Å². The minimum atomic E-state index is -1.28. The van der Waals surface area contributed by atoms with Crippen molar-refractivity contribution in [3.8, 4) is 5.75 Å². The molecule has 6 nitrogen and oxygen atoms in total. The van der Waals surface area contributed by atoms with E-state index >= 15 is 0 Å². The number of ether oxygens (including phenoxy) is 1. The minimum absolute atomic E-state index is 0. The lowest BCUT2D eigenvalue weighted by molar-refractivity contribution is 0.259. The van der Waals surface area contributed by atoms with E-state index in [1.165, 1.54) is 22.5 Å². The molecule has 0 N–H and O–H groups in total. The van der Waals surface area contributed by atoms with Crippen LogP contribution >= 0.6 is 12.4 Å². The predicted molar refractivity (Wildman–Crippen MR) is 126 cm³/mol. The Balaban J connectivity index is 0.00000324. The molecule has 0 amide bonds. The average Bonchev–Trinajstić information content (AvgIpc) is 2.83. The molecule has 10 heteroatoms. The van der Waals surface area contributed by atoms with E-state index in [1.807, 2.05) is 23.1 Å². The van der Waals surface area contributed by atoms with E-state index in [0.29, 0.717) is 31.0 Å². The molecule has 1 aliphatic heterocycles. The van der Waals surface area contributed by atoms with Crippen molar-refractivity contribution in [1.82, 2.24) is 14.5 Å². The van der Waals surface area contributed by atoms with Crippen molar-refractivity contribution in [3.63, 3.8) is 0 Å². The molecule has 0 unspecified atom stereocenters. The first kappa shape index (κ1) is 25.6. The van der Waals surface area contributed by atoms with Gasteiger partial charge in [0.25, 0.3) is 5.56 Å². The van der Waals surface area contributed by atoms with Gasteiger partial charge in [-0.15, -0.1) is 12.4 Å². The smallest absolute Gasteiger partial charge is 0.293 e. The van der Waals surface area contributed by atoms with Gasteiger partial charge in [0.2, 0.25) is 0 Å². The summed E-state index contributed by atoms with van der Waals surface area (Å²) in [5.41, 5.74) is 1.03. The molecule has 3 aromatic rings. The second-order valence-electron chi connectivity index (χ2n) is 7.86. The summed E-state index contributed by atoms with van der Waals surface area (Å²) in [5.74, 6) is -3.52. The maximum atomic E-state index is 13.7. The van der Waals surface area contributed by atoms with E-state index in [2.05, 4.69) is 22.0 Å². The highest BCUT2D eigenvalue weighted by molar-refractivity contribution is 5.85. The monoisotopic (exact) mass is 494 g/mol. The van der Waals surface area contributed by atoms with Gasteiger partial charge in [-0.05, 0) is 12.0 Å². The molecule has 4 rings (SSSR count). The number of hydrogen-bond donors (Lipinski definition) is 0. The summed E-state index contributed by atoms with van der Waals surface area (Å²) >= 11 is 0. The van der Waals surface area contributed by atoms with Crippen molar-refractivity contribution in [1.29, 1.82) is 0 Å². The van der Waals surface area contributed by atoms with Crippen LogP contribution in [0.5, 0.6) is 5.75 Å². The van der Waals surface area contributed by atoms with Gasteiger partial charge in [0.05, 0.1) is 6.54 Å². The van der Waals surface area contributed by atoms with Crippen LogP contribution in [0.1, 0.15) is 5.56 Å². The number of rotatable bonds is 8. The zero-order valence-corrected chi connectivity index (χ0v) is 19.3. The Labute approximate surface area is 202 Å². The number of anilines is 1. The molecule has 2 aromatic carbocycles. The molecule has 0 saturated carbocycles. The van der Waals surface area contributed by atoms with E-state index < -0.39 is 23.2 Å². The minimum Gasteiger partial charge on any atom is -0.489 e. The topological polar surface area (TPSA) is 50.6 Å². The fraction of sp³-hybridized carbons (Fsp3) is 0.333. The Bertz CT molecular complexity index is 1140. The fourth-order valence-electron chi connectivity index (χ4n) is 3.81. The summed E-state index contributed by atoms with van der Waals surface area (Å²) in [6.07, 6.45) is 4.04. The van der Waals surface area contributed by atoms with Gasteiger partial charge in [0, 0.05) is 57.3 Å². The summed E-state index contributed by atoms with van der Waals surface area (Å²) in [4.78, 5) is 21.5. The molecule has 34 heavy (non-hydrogen) atoms. The Morgan fingerprint density at radius 1 is 0.912 bits per heavy atom. The summed E-state index contributed by atoms with van der Waals surface area (Å²) in [7, 11) is 0. The zero-order chi connectivity index (χ0) is 23.2. The van der Waals surface area contributed by atoms with Gasteiger partial charge < -0.3 is 14.2 Å². The van der Waals surface area contributed by atoms with E-state index in [1.54, 1.807) is 0 Å². The molecule has 0 atom stereocenters. The number of hydrogen-bond acceptors (Lipinski definition) is 5. The zero-order valence-electron chi connectivity index (χ0n) is 18.5. The standard InChI is InChI=1S/C24H25F3N4O2.ClH/c25-19-16-21(27)22(17-20(19)26)33-15-14-31-9-7-28-23(24(31)32)30-12-10-29(11-13-30)8-6-18-4-2-1-3-5-18;/h1-5,7,9,16-17H,6,8,10-15H2;1H. The van der Waals surface area contributed by atoms with Crippen LogP contribution in [0, 0.1) is 17.5 Å². The van der Waals surface area contributed by atoms with Gasteiger partial charge in [-0.25, -0.2) is 18.2 Å². The van der Waals surface area contributed by atoms with E-state index in [-0.39, 0.29) is 31.1 Å². The van der Waals surface area contributed by atoms with Crippen LogP contribution in [-0.4, -0.2) is 53.8 Å². The van der Waals surface area contributed by atoms with E-state index in [0.717, 1.165) is 26.1 Å². The lowest BCUT2D eigenvalue weighted by Crippen LogP contribution is -2.49. The van der Waals surface area contributed by atoms with Crippen molar-refractivity contribution in [2.24, 2.45) is 0 Å². The highest BCUT2D eigenvalue weighted by atomic mass is 35.5. The summed E-state index contributed by atoms with van der Waals surface area (Å²) in [6.45, 7) is 4.04. The highest BCUT2D eigenvalue weighted by Gasteiger charge is 2.21. The predicted octanol–water partition coefficient (Wildman–Crippen LogP) is 3.53. The molecule has 1 aromatic heterocycles. The normalized spacial score (nSPS) is 14.0. The first-order chi connectivity index (χ1) is 16.0. The summed E-state index contributed by atoms with van der Waals surface area (Å²) < 4.78 is 46.7. The maximum Gasteiger partial charge on any atom is 0.293 e. The third kappa shape index (κ3) is 6.30. The van der Waals surface area contributed by atoms with Gasteiger partial charge in [-0.1, -0.05) is 30.3 Å². The Morgan fingerprint density at radius 3 is 2.35 bits per heavy atom. The highest BCUT2D eigenvalue weighted by Crippen LogP contribution is 2.20. The number of piperazine rings is 1. The number of aromatic nitrogens is 2. The average molecular weight is 495 g/mol. The molecule has 2 heterocycles. The molecule has 0 radical (unpaired) electrons. The van der Waals surface area contributed by atoms with Gasteiger partial charge in [-0.3, -0.25) is 9.69 Å². The van der Waals surface area contributed by atoms with E-state index in [4.69, 9.17) is 4.74 Å². The summed E-state index contributed by atoms with van der Waals surface area (Å²) in [5, 5.41) is 0.